The van der Waals surface area contributed by atoms with Crippen LogP contribution in [0.3, 0.4) is 0 Å². The summed E-state index contributed by atoms with van der Waals surface area (Å²) in [5.74, 6) is -0.303. The Morgan fingerprint density at radius 1 is 1.09 bits per heavy atom. The highest BCUT2D eigenvalue weighted by atomic mass is 32.2. The second kappa shape index (κ2) is 9.84. The smallest absolute Gasteiger partial charge is 0.276 e. The highest BCUT2D eigenvalue weighted by molar-refractivity contribution is 7.92. The first-order valence-electron chi connectivity index (χ1n) is 9.86. The van der Waals surface area contributed by atoms with E-state index in [1.807, 2.05) is 32.0 Å². The molecule has 0 saturated heterocycles. The van der Waals surface area contributed by atoms with E-state index in [1.165, 1.54) is 19.2 Å². The Kier molecular flexibility index (Phi) is 7.16. The number of rotatable bonds is 9. The quantitative estimate of drug-likeness (QED) is 0.509. The van der Waals surface area contributed by atoms with Crippen LogP contribution in [0.2, 0.25) is 0 Å². The fourth-order valence-electron chi connectivity index (χ4n) is 3.12. The number of nitrogens with zero attached hydrogens (tertiary/aromatic N) is 2. The molecule has 2 aromatic carbocycles. The molecule has 0 radical (unpaired) electrons. The number of para-hydroxylation sites is 1. The van der Waals surface area contributed by atoms with E-state index in [0.717, 1.165) is 11.1 Å². The van der Waals surface area contributed by atoms with E-state index < -0.39 is 15.9 Å². The first kappa shape index (κ1) is 23.3. The summed E-state index contributed by atoms with van der Waals surface area (Å²) in [4.78, 5) is 12.5. The zero-order valence-corrected chi connectivity index (χ0v) is 19.2. The minimum absolute atomic E-state index is 0.0916. The Balaban J connectivity index is 1.86. The van der Waals surface area contributed by atoms with Crippen LogP contribution >= 0.6 is 0 Å². The largest absolute Gasteiger partial charge is 0.495 e. The molecule has 0 spiro atoms. The van der Waals surface area contributed by atoms with E-state index in [0.29, 0.717) is 24.5 Å². The van der Waals surface area contributed by atoms with Gasteiger partial charge in [0, 0.05) is 19.0 Å². The summed E-state index contributed by atoms with van der Waals surface area (Å²) < 4.78 is 40.8. The summed E-state index contributed by atoms with van der Waals surface area (Å²) in [5.41, 5.74) is 2.59. The second-order valence-corrected chi connectivity index (χ2v) is 8.80. The van der Waals surface area contributed by atoms with Crippen molar-refractivity contribution in [3.8, 4) is 5.75 Å². The average molecular weight is 459 g/mol. The van der Waals surface area contributed by atoms with Crippen LogP contribution in [-0.2, 0) is 21.3 Å². The maximum atomic E-state index is 13.2. The summed E-state index contributed by atoms with van der Waals surface area (Å²) in [5, 5.41) is 6.88. The molecule has 3 rings (SSSR count). The molecule has 1 aromatic heterocycles. The lowest BCUT2D eigenvalue weighted by Crippen LogP contribution is -2.17. The molecule has 1 amide bonds. The SMILES string of the molecule is COCCn1ccc(C(=O)Nc2ccc(OC)c(S(=O)(=O)Nc3c(C)cccc3C)c2)n1. The van der Waals surface area contributed by atoms with E-state index in [4.69, 9.17) is 9.47 Å². The van der Waals surface area contributed by atoms with E-state index in [-0.39, 0.29) is 16.3 Å². The van der Waals surface area contributed by atoms with Crippen molar-refractivity contribution in [1.29, 1.82) is 0 Å². The number of benzene rings is 2. The fraction of sp³-hybridized carbons (Fsp3) is 0.273. The molecule has 0 bridgehead atoms. The highest BCUT2D eigenvalue weighted by Crippen LogP contribution is 2.30. The van der Waals surface area contributed by atoms with Crippen molar-refractivity contribution in [2.45, 2.75) is 25.3 Å². The topological polar surface area (TPSA) is 112 Å². The Bertz CT molecular complexity index is 1200. The van der Waals surface area contributed by atoms with Gasteiger partial charge in [0.15, 0.2) is 5.69 Å². The summed E-state index contributed by atoms with van der Waals surface area (Å²) >= 11 is 0. The second-order valence-electron chi connectivity index (χ2n) is 7.15. The molecule has 0 fully saturated rings. The fourth-order valence-corrected chi connectivity index (χ4v) is 4.52. The van der Waals surface area contributed by atoms with Crippen molar-refractivity contribution in [2.75, 3.05) is 30.9 Å². The van der Waals surface area contributed by atoms with Crippen LogP contribution in [0.25, 0.3) is 0 Å². The van der Waals surface area contributed by atoms with Gasteiger partial charge in [0.05, 0.1) is 25.9 Å². The lowest BCUT2D eigenvalue weighted by Gasteiger charge is -2.16. The van der Waals surface area contributed by atoms with Gasteiger partial charge < -0.3 is 14.8 Å². The summed E-state index contributed by atoms with van der Waals surface area (Å²) in [6.45, 7) is 4.63. The van der Waals surface area contributed by atoms with Gasteiger partial charge in [-0.3, -0.25) is 14.2 Å². The molecule has 32 heavy (non-hydrogen) atoms. The molecule has 0 atom stereocenters. The maximum Gasteiger partial charge on any atom is 0.276 e. The van der Waals surface area contributed by atoms with Crippen molar-refractivity contribution in [1.82, 2.24) is 9.78 Å². The zero-order valence-electron chi connectivity index (χ0n) is 18.4. The molecule has 170 valence electrons. The first-order valence-corrected chi connectivity index (χ1v) is 11.3. The molecule has 0 aliphatic heterocycles. The normalized spacial score (nSPS) is 11.2. The number of aromatic nitrogens is 2. The van der Waals surface area contributed by atoms with Crippen LogP contribution in [0.4, 0.5) is 11.4 Å². The van der Waals surface area contributed by atoms with Gasteiger partial charge in [-0.15, -0.1) is 0 Å². The Labute approximate surface area is 187 Å². The molecule has 0 saturated carbocycles. The average Bonchev–Trinajstić information content (AvgIpc) is 3.24. The summed E-state index contributed by atoms with van der Waals surface area (Å²) in [6.07, 6.45) is 1.67. The van der Waals surface area contributed by atoms with Gasteiger partial charge in [0.1, 0.15) is 10.6 Å². The van der Waals surface area contributed by atoms with Crippen LogP contribution in [-0.4, -0.2) is 44.9 Å². The van der Waals surface area contributed by atoms with E-state index in [1.54, 1.807) is 30.1 Å². The summed E-state index contributed by atoms with van der Waals surface area (Å²) in [6, 6.07) is 11.5. The first-order chi connectivity index (χ1) is 15.2. The van der Waals surface area contributed by atoms with Gasteiger partial charge in [-0.25, -0.2) is 8.42 Å². The molecular formula is C22H26N4O5S. The van der Waals surface area contributed by atoms with Crippen LogP contribution < -0.4 is 14.8 Å². The van der Waals surface area contributed by atoms with Gasteiger partial charge in [-0.1, -0.05) is 18.2 Å². The molecule has 10 heteroatoms. The third-order valence-corrected chi connectivity index (χ3v) is 6.20. The minimum atomic E-state index is -3.99. The van der Waals surface area contributed by atoms with Crippen LogP contribution in [0.1, 0.15) is 21.6 Å². The van der Waals surface area contributed by atoms with Crippen molar-refractivity contribution in [3.63, 3.8) is 0 Å². The Morgan fingerprint density at radius 3 is 2.47 bits per heavy atom. The molecule has 9 nitrogen and oxygen atoms in total. The molecule has 1 heterocycles. The zero-order chi connectivity index (χ0) is 23.3. The third kappa shape index (κ3) is 5.27. The number of carbonyl (C=O) groups excluding carboxylic acids is 1. The summed E-state index contributed by atoms with van der Waals surface area (Å²) in [7, 11) is -1.02. The monoisotopic (exact) mass is 458 g/mol. The van der Waals surface area contributed by atoms with Crippen molar-refractivity contribution < 1.29 is 22.7 Å². The van der Waals surface area contributed by atoms with Crippen LogP contribution in [0.15, 0.2) is 53.6 Å². The number of nitrogens with one attached hydrogen (secondary N) is 2. The molecule has 2 N–H and O–H groups in total. The molecule has 0 aliphatic carbocycles. The standard InChI is InChI=1S/C22H26N4O5S/c1-15-6-5-7-16(2)21(15)25-32(28,29)20-14-17(8-9-19(20)31-4)23-22(27)18-10-11-26(24-18)12-13-30-3/h5-11,14,25H,12-13H2,1-4H3,(H,23,27). The van der Waals surface area contributed by atoms with Gasteiger partial charge in [-0.05, 0) is 49.2 Å². The van der Waals surface area contributed by atoms with E-state index in [2.05, 4.69) is 15.1 Å². The molecular weight excluding hydrogens is 432 g/mol. The molecule has 3 aromatic rings. The van der Waals surface area contributed by atoms with Crippen molar-refractivity contribution in [3.05, 3.63) is 65.5 Å². The number of amides is 1. The number of anilines is 2. The Morgan fingerprint density at radius 2 is 1.81 bits per heavy atom. The predicted octanol–water partition coefficient (Wildman–Crippen LogP) is 3.21. The van der Waals surface area contributed by atoms with Crippen LogP contribution in [0.5, 0.6) is 5.75 Å². The van der Waals surface area contributed by atoms with Crippen LogP contribution in [0, 0.1) is 13.8 Å². The van der Waals surface area contributed by atoms with Gasteiger partial charge >= 0.3 is 0 Å². The predicted molar refractivity (Wildman–Crippen MR) is 122 cm³/mol. The van der Waals surface area contributed by atoms with Crippen molar-refractivity contribution >= 4 is 27.3 Å². The number of sulfonamides is 1. The lowest BCUT2D eigenvalue weighted by molar-refractivity contribution is 0.102. The number of ether oxygens (including phenoxy) is 2. The number of carbonyl (C=O) groups is 1. The van der Waals surface area contributed by atoms with Gasteiger partial charge in [0.25, 0.3) is 15.9 Å². The molecule has 0 unspecified atom stereocenters. The third-order valence-electron chi connectivity index (χ3n) is 4.83. The highest BCUT2D eigenvalue weighted by Gasteiger charge is 2.22. The van der Waals surface area contributed by atoms with Gasteiger partial charge in [0.2, 0.25) is 0 Å². The van der Waals surface area contributed by atoms with Crippen molar-refractivity contribution in [2.24, 2.45) is 0 Å². The number of hydrogen-bond donors (Lipinski definition) is 2. The maximum absolute atomic E-state index is 13.2. The number of hydrogen-bond acceptors (Lipinski definition) is 6. The lowest BCUT2D eigenvalue weighted by atomic mass is 10.1. The number of aryl methyl sites for hydroxylation is 2. The van der Waals surface area contributed by atoms with E-state index in [9.17, 15) is 13.2 Å². The van der Waals surface area contributed by atoms with E-state index >= 15 is 0 Å². The number of methoxy groups -OCH3 is 2. The minimum Gasteiger partial charge on any atom is -0.495 e. The Hall–Kier alpha value is -3.37. The molecule has 0 aliphatic rings. The van der Waals surface area contributed by atoms with Gasteiger partial charge in [-0.2, -0.15) is 5.10 Å².